The number of carbonyl (C=O) groups is 1. The topological polar surface area (TPSA) is 72.8 Å². The molecule has 1 N–H and O–H groups in total. The number of amidine groups is 1. The van der Waals surface area contributed by atoms with Gasteiger partial charge in [0, 0.05) is 17.3 Å². The average molecular weight is 395 g/mol. The van der Waals surface area contributed by atoms with Crippen LogP contribution in [-0.4, -0.2) is 24.1 Å². The summed E-state index contributed by atoms with van der Waals surface area (Å²) in [6.45, 7) is 0.280. The van der Waals surface area contributed by atoms with E-state index < -0.39 is 17.2 Å². The minimum atomic E-state index is -1.04. The summed E-state index contributed by atoms with van der Waals surface area (Å²) in [7, 11) is 0. The van der Waals surface area contributed by atoms with Gasteiger partial charge in [-0.2, -0.15) is 5.48 Å². The van der Waals surface area contributed by atoms with Crippen molar-refractivity contribution in [2.45, 2.75) is 5.54 Å². The first-order valence-electron chi connectivity index (χ1n) is 8.67. The Kier molecular flexibility index (Phi) is 4.90. The van der Waals surface area contributed by atoms with Crippen LogP contribution in [-0.2, 0) is 19.9 Å². The Morgan fingerprint density at radius 3 is 2.62 bits per heavy atom. The minimum absolute atomic E-state index is 0.00178. The molecule has 0 spiro atoms. The van der Waals surface area contributed by atoms with Crippen molar-refractivity contribution in [1.82, 2.24) is 10.5 Å². The Labute approximate surface area is 164 Å². The lowest BCUT2D eigenvalue weighted by molar-refractivity contribution is -0.132. The molecule has 29 heavy (non-hydrogen) atoms. The number of nitrogens with zero attached hydrogens (tertiary/aromatic N) is 2. The zero-order chi connectivity index (χ0) is 20.3. The van der Waals surface area contributed by atoms with Crippen molar-refractivity contribution in [3.05, 3.63) is 89.8 Å². The number of benzene rings is 2. The zero-order valence-electron chi connectivity index (χ0n) is 15.0. The fourth-order valence-electron chi connectivity index (χ4n) is 3.30. The molecule has 2 aromatic carbocycles. The number of carbonyl (C=O) groups excluding carboxylic acids is 1. The van der Waals surface area contributed by atoms with E-state index in [1.165, 1.54) is 24.4 Å². The molecule has 0 bridgehead atoms. The lowest BCUT2D eigenvalue weighted by Gasteiger charge is -2.26. The molecule has 1 unspecified atom stereocenters. The Bertz CT molecular complexity index is 1080. The van der Waals surface area contributed by atoms with E-state index in [0.717, 1.165) is 11.8 Å². The van der Waals surface area contributed by atoms with Gasteiger partial charge in [-0.3, -0.25) is 9.78 Å². The summed E-state index contributed by atoms with van der Waals surface area (Å²) in [5.74, 6) is -1.21. The van der Waals surface area contributed by atoms with Gasteiger partial charge in [0.2, 0.25) is 0 Å². The molecule has 0 aliphatic carbocycles. The van der Waals surface area contributed by atoms with E-state index in [1.807, 2.05) is 30.3 Å². The normalized spacial score (nSPS) is 17.9. The molecule has 2 heterocycles. The highest BCUT2D eigenvalue weighted by Gasteiger charge is 2.41. The van der Waals surface area contributed by atoms with Crippen molar-refractivity contribution in [2.75, 3.05) is 6.61 Å². The quantitative estimate of drug-likeness (QED) is 0.530. The molecule has 0 saturated heterocycles. The lowest BCUT2D eigenvalue weighted by atomic mass is 9.83. The minimum Gasteiger partial charge on any atom is -0.460 e. The van der Waals surface area contributed by atoms with Crippen LogP contribution in [0.1, 0.15) is 11.1 Å². The number of hydrogen-bond acceptors (Lipinski definition) is 6. The standard InChI is InChI=1S/C21H15F2N3O3/c22-18-7-6-15(10-17(18)16-8-9-24-11-19(16)23)21(14-4-2-1-3-5-14)12-28-20(25-21)26-29-13-27/h1-11,13H,12H2,(H,25,26). The largest absolute Gasteiger partial charge is 0.460 e. The summed E-state index contributed by atoms with van der Waals surface area (Å²) in [6, 6.07) is 15.0. The monoisotopic (exact) mass is 395 g/mol. The first-order chi connectivity index (χ1) is 14.1. The van der Waals surface area contributed by atoms with Gasteiger partial charge in [0.05, 0.1) is 6.20 Å². The van der Waals surface area contributed by atoms with Gasteiger partial charge in [-0.05, 0) is 29.3 Å². The second kappa shape index (κ2) is 7.67. The number of rotatable bonds is 5. The highest BCUT2D eigenvalue weighted by atomic mass is 19.1. The number of ether oxygens (including phenoxy) is 1. The summed E-state index contributed by atoms with van der Waals surface area (Å²) >= 11 is 0. The van der Waals surface area contributed by atoms with Crippen LogP contribution in [0.4, 0.5) is 8.78 Å². The van der Waals surface area contributed by atoms with Gasteiger partial charge >= 0.3 is 12.5 Å². The number of aromatic nitrogens is 1. The molecule has 146 valence electrons. The van der Waals surface area contributed by atoms with Crippen LogP contribution in [0, 0.1) is 11.6 Å². The van der Waals surface area contributed by atoms with E-state index in [9.17, 15) is 13.6 Å². The summed E-state index contributed by atoms with van der Waals surface area (Å²) in [6.07, 6.45) is 2.43. The summed E-state index contributed by atoms with van der Waals surface area (Å²) in [4.78, 5) is 23.2. The average Bonchev–Trinajstić information content (AvgIpc) is 3.19. The van der Waals surface area contributed by atoms with E-state index >= 15 is 0 Å². The van der Waals surface area contributed by atoms with Crippen LogP contribution in [0.3, 0.4) is 0 Å². The Morgan fingerprint density at radius 1 is 1.03 bits per heavy atom. The molecule has 3 aromatic rings. The first-order valence-corrected chi connectivity index (χ1v) is 8.67. The number of halogens is 2. The maximum atomic E-state index is 14.6. The molecule has 4 rings (SSSR count). The Balaban J connectivity index is 1.87. The van der Waals surface area contributed by atoms with Crippen LogP contribution in [0.25, 0.3) is 11.1 Å². The molecular formula is C21H15F2N3O3. The number of nitrogens with one attached hydrogen (secondary N) is 1. The van der Waals surface area contributed by atoms with Crippen molar-refractivity contribution in [3.8, 4) is 11.1 Å². The van der Waals surface area contributed by atoms with Crippen LogP contribution >= 0.6 is 0 Å². The maximum Gasteiger partial charge on any atom is 0.320 e. The molecule has 8 heteroatoms. The number of aliphatic imine (C=N–C) groups is 1. The van der Waals surface area contributed by atoms with Gasteiger partial charge in [0.15, 0.2) is 5.54 Å². The lowest BCUT2D eigenvalue weighted by Crippen LogP contribution is -2.27. The third-order valence-corrected chi connectivity index (χ3v) is 4.66. The third kappa shape index (κ3) is 3.40. The molecule has 0 amide bonds. The van der Waals surface area contributed by atoms with E-state index in [1.54, 1.807) is 6.07 Å². The Hall–Kier alpha value is -3.81. The highest BCUT2D eigenvalue weighted by Crippen LogP contribution is 2.40. The van der Waals surface area contributed by atoms with Crippen molar-refractivity contribution in [2.24, 2.45) is 4.99 Å². The van der Waals surface area contributed by atoms with E-state index in [4.69, 9.17) is 4.74 Å². The van der Waals surface area contributed by atoms with Gasteiger partial charge in [0.25, 0.3) is 0 Å². The fourth-order valence-corrected chi connectivity index (χ4v) is 3.30. The van der Waals surface area contributed by atoms with Gasteiger partial charge < -0.3 is 9.57 Å². The summed E-state index contributed by atoms with van der Waals surface area (Å²) in [5, 5.41) is 0. The molecule has 0 radical (unpaired) electrons. The molecule has 1 aliphatic rings. The maximum absolute atomic E-state index is 14.6. The third-order valence-electron chi connectivity index (χ3n) is 4.66. The molecule has 1 atom stereocenters. The van der Waals surface area contributed by atoms with Gasteiger partial charge in [-0.25, -0.2) is 13.8 Å². The van der Waals surface area contributed by atoms with Crippen molar-refractivity contribution < 1.29 is 23.1 Å². The van der Waals surface area contributed by atoms with Gasteiger partial charge in [-0.15, -0.1) is 0 Å². The number of pyridine rings is 1. The van der Waals surface area contributed by atoms with Gasteiger partial charge in [-0.1, -0.05) is 36.4 Å². The van der Waals surface area contributed by atoms with Crippen LogP contribution in [0.2, 0.25) is 0 Å². The SMILES string of the molecule is O=CONC1=NC(c2ccccc2)(c2ccc(F)c(-c3ccncc3F)c2)CO1. The second-order valence-corrected chi connectivity index (χ2v) is 6.30. The molecule has 6 nitrogen and oxygen atoms in total. The summed E-state index contributed by atoms with van der Waals surface area (Å²) in [5.41, 5.74) is 2.80. The molecule has 1 aliphatic heterocycles. The Morgan fingerprint density at radius 2 is 1.86 bits per heavy atom. The van der Waals surface area contributed by atoms with Crippen molar-refractivity contribution in [1.29, 1.82) is 0 Å². The second-order valence-electron chi connectivity index (χ2n) is 6.30. The van der Waals surface area contributed by atoms with Crippen LogP contribution in [0.5, 0.6) is 0 Å². The van der Waals surface area contributed by atoms with Gasteiger partial charge in [0.1, 0.15) is 18.2 Å². The fraction of sp³-hybridized carbons (Fsp3) is 0.0952. The van der Waals surface area contributed by atoms with Crippen LogP contribution < -0.4 is 5.48 Å². The summed E-state index contributed by atoms with van der Waals surface area (Å²) < 4.78 is 34.4. The first kappa shape index (κ1) is 18.5. The predicted octanol–water partition coefficient (Wildman–Crippen LogP) is 3.33. The van der Waals surface area contributed by atoms with Crippen molar-refractivity contribution >= 4 is 12.5 Å². The van der Waals surface area contributed by atoms with Crippen LogP contribution in [0.15, 0.2) is 72.0 Å². The van der Waals surface area contributed by atoms with E-state index in [0.29, 0.717) is 5.56 Å². The smallest absolute Gasteiger partial charge is 0.320 e. The number of hydroxylamine groups is 1. The van der Waals surface area contributed by atoms with Crippen molar-refractivity contribution in [3.63, 3.8) is 0 Å². The zero-order valence-corrected chi connectivity index (χ0v) is 15.0. The molecule has 1 aromatic heterocycles. The van der Waals surface area contributed by atoms with E-state index in [-0.39, 0.29) is 30.2 Å². The molecule has 0 saturated carbocycles. The van der Waals surface area contributed by atoms with E-state index in [2.05, 4.69) is 20.3 Å². The molecular weight excluding hydrogens is 380 g/mol. The predicted molar refractivity (Wildman–Crippen MR) is 100 cm³/mol. The number of hydrogen-bond donors (Lipinski definition) is 1. The molecule has 0 fully saturated rings. The highest BCUT2D eigenvalue weighted by molar-refractivity contribution is 5.77.